The Balaban J connectivity index is 1.40. The number of methoxy groups -OCH3 is 1. The topological polar surface area (TPSA) is 85.5 Å². The summed E-state index contributed by atoms with van der Waals surface area (Å²) >= 11 is 0. The van der Waals surface area contributed by atoms with E-state index in [9.17, 15) is 4.79 Å². The van der Waals surface area contributed by atoms with E-state index in [0.29, 0.717) is 47.6 Å². The molecule has 0 unspecified atom stereocenters. The first-order chi connectivity index (χ1) is 13.7. The number of anilines is 1. The molecule has 1 fully saturated rings. The van der Waals surface area contributed by atoms with Crippen molar-refractivity contribution in [2.45, 2.75) is 25.2 Å². The summed E-state index contributed by atoms with van der Waals surface area (Å²) in [5.41, 5.74) is 3.00. The van der Waals surface area contributed by atoms with Crippen molar-refractivity contribution in [3.63, 3.8) is 0 Å². The van der Waals surface area contributed by atoms with Crippen LogP contribution in [0.2, 0.25) is 0 Å². The second-order valence-corrected chi connectivity index (χ2v) is 7.14. The Bertz CT molecular complexity index is 1040. The minimum Gasteiger partial charge on any atom is -0.493 e. The van der Waals surface area contributed by atoms with Gasteiger partial charge in [-0.3, -0.25) is 4.79 Å². The first-order valence-electron chi connectivity index (χ1n) is 9.50. The van der Waals surface area contributed by atoms with Crippen molar-refractivity contribution in [2.75, 3.05) is 25.6 Å². The average molecular weight is 379 g/mol. The molecule has 0 radical (unpaired) electrons. The van der Waals surface area contributed by atoms with Crippen LogP contribution >= 0.6 is 0 Å². The number of carbonyl (C=O) groups is 1. The van der Waals surface area contributed by atoms with Crippen molar-refractivity contribution in [3.8, 4) is 17.2 Å². The second-order valence-electron chi connectivity index (χ2n) is 7.14. The summed E-state index contributed by atoms with van der Waals surface area (Å²) in [7, 11) is 1.54. The normalized spacial score (nSPS) is 15.9. The predicted octanol–water partition coefficient (Wildman–Crippen LogP) is 3.86. The minimum absolute atomic E-state index is 0.242. The molecule has 7 nitrogen and oxygen atoms in total. The van der Waals surface area contributed by atoms with Gasteiger partial charge in [0.15, 0.2) is 11.5 Å². The second kappa shape index (κ2) is 6.74. The Morgan fingerprint density at radius 2 is 2.07 bits per heavy atom. The molecule has 2 aromatic carbocycles. The number of fused-ring (bicyclic) bond motifs is 2. The van der Waals surface area contributed by atoms with Crippen molar-refractivity contribution in [1.29, 1.82) is 0 Å². The van der Waals surface area contributed by atoms with E-state index in [4.69, 9.17) is 14.2 Å². The quantitative estimate of drug-likeness (QED) is 0.719. The van der Waals surface area contributed by atoms with Gasteiger partial charge in [-0.1, -0.05) is 6.42 Å². The van der Waals surface area contributed by atoms with E-state index in [0.717, 1.165) is 16.9 Å². The molecule has 28 heavy (non-hydrogen) atoms. The molecule has 1 aromatic heterocycles. The first kappa shape index (κ1) is 16.9. The summed E-state index contributed by atoms with van der Waals surface area (Å²) in [6.45, 7) is 0.906. The molecule has 2 heterocycles. The lowest BCUT2D eigenvalue weighted by Gasteiger charge is -2.22. The summed E-state index contributed by atoms with van der Waals surface area (Å²) < 4.78 is 16.6. The maximum Gasteiger partial charge on any atom is 0.255 e. The predicted molar refractivity (Wildman–Crippen MR) is 105 cm³/mol. The maximum absolute atomic E-state index is 12.8. The summed E-state index contributed by atoms with van der Waals surface area (Å²) in [5, 5.41) is 2.94. The van der Waals surface area contributed by atoms with E-state index in [1.165, 1.54) is 19.3 Å². The summed E-state index contributed by atoms with van der Waals surface area (Å²) in [5.74, 6) is 2.87. The Morgan fingerprint density at radius 3 is 2.86 bits per heavy atom. The molecule has 0 saturated heterocycles. The molecular weight excluding hydrogens is 358 g/mol. The molecule has 1 aliphatic carbocycles. The lowest BCUT2D eigenvalue weighted by Crippen LogP contribution is -2.18. The molecule has 5 rings (SSSR count). The molecule has 7 heteroatoms. The zero-order chi connectivity index (χ0) is 19.1. The molecule has 3 aromatic rings. The van der Waals surface area contributed by atoms with Crippen LogP contribution in [0.4, 0.5) is 5.69 Å². The number of benzene rings is 2. The maximum atomic E-state index is 12.8. The highest BCUT2D eigenvalue weighted by Gasteiger charge is 2.23. The molecule has 1 amide bonds. The number of hydrogen-bond donors (Lipinski definition) is 2. The van der Waals surface area contributed by atoms with Crippen molar-refractivity contribution < 1.29 is 19.0 Å². The standard InChI is InChI=1S/C21H21N3O4/c1-26-17-9-13(10-18-19(17)28-8-7-27-18)21(25)22-14-5-6-15-16(11-14)24-20(23-15)12-3-2-4-12/h5-6,9-12H,2-4,7-8H2,1H3,(H,22,25)(H,23,24). The van der Waals surface area contributed by atoms with Gasteiger partial charge < -0.3 is 24.5 Å². The van der Waals surface area contributed by atoms with Crippen LogP contribution < -0.4 is 19.5 Å². The highest BCUT2D eigenvalue weighted by molar-refractivity contribution is 6.05. The zero-order valence-electron chi connectivity index (χ0n) is 15.6. The van der Waals surface area contributed by atoms with Gasteiger partial charge in [0, 0.05) is 17.2 Å². The molecule has 2 N–H and O–H groups in total. The van der Waals surface area contributed by atoms with Gasteiger partial charge in [-0.25, -0.2) is 4.98 Å². The van der Waals surface area contributed by atoms with Crippen molar-refractivity contribution in [3.05, 3.63) is 41.7 Å². The van der Waals surface area contributed by atoms with Crippen LogP contribution in [0, 0.1) is 0 Å². The fourth-order valence-corrected chi connectivity index (χ4v) is 3.59. The molecule has 1 aliphatic heterocycles. The van der Waals surface area contributed by atoms with Crippen LogP contribution in [-0.2, 0) is 0 Å². The zero-order valence-corrected chi connectivity index (χ0v) is 15.6. The van der Waals surface area contributed by atoms with Crippen molar-refractivity contribution >= 4 is 22.6 Å². The van der Waals surface area contributed by atoms with E-state index < -0.39 is 0 Å². The van der Waals surface area contributed by atoms with Gasteiger partial charge in [0.05, 0.1) is 18.1 Å². The summed E-state index contributed by atoms with van der Waals surface area (Å²) in [6, 6.07) is 9.04. The fourth-order valence-electron chi connectivity index (χ4n) is 3.59. The third kappa shape index (κ3) is 2.93. The van der Waals surface area contributed by atoms with Crippen LogP contribution in [0.15, 0.2) is 30.3 Å². The number of aromatic nitrogens is 2. The average Bonchev–Trinajstić information content (AvgIpc) is 3.08. The number of nitrogens with zero attached hydrogens (tertiary/aromatic N) is 1. The minimum atomic E-state index is -0.242. The smallest absolute Gasteiger partial charge is 0.255 e. The molecule has 0 bridgehead atoms. The number of aromatic amines is 1. The third-order valence-corrected chi connectivity index (χ3v) is 5.34. The lowest BCUT2D eigenvalue weighted by molar-refractivity contribution is 0.102. The van der Waals surface area contributed by atoms with Crippen LogP contribution in [0.1, 0.15) is 41.4 Å². The van der Waals surface area contributed by atoms with E-state index in [1.54, 1.807) is 19.2 Å². The van der Waals surface area contributed by atoms with E-state index >= 15 is 0 Å². The van der Waals surface area contributed by atoms with Gasteiger partial charge in [0.2, 0.25) is 5.75 Å². The number of hydrogen-bond acceptors (Lipinski definition) is 5. The highest BCUT2D eigenvalue weighted by Crippen LogP contribution is 2.40. The molecule has 144 valence electrons. The lowest BCUT2D eigenvalue weighted by atomic mass is 9.85. The van der Waals surface area contributed by atoms with Gasteiger partial charge in [-0.05, 0) is 43.2 Å². The van der Waals surface area contributed by atoms with Gasteiger partial charge in [0.1, 0.15) is 19.0 Å². The monoisotopic (exact) mass is 379 g/mol. The van der Waals surface area contributed by atoms with E-state index in [-0.39, 0.29) is 5.91 Å². The van der Waals surface area contributed by atoms with Gasteiger partial charge in [-0.2, -0.15) is 0 Å². The third-order valence-electron chi connectivity index (χ3n) is 5.34. The van der Waals surface area contributed by atoms with E-state index in [1.807, 2.05) is 18.2 Å². The molecule has 1 saturated carbocycles. The molecular formula is C21H21N3O4. The molecule has 2 aliphatic rings. The summed E-state index contributed by atoms with van der Waals surface area (Å²) in [4.78, 5) is 20.8. The van der Waals surface area contributed by atoms with Gasteiger partial charge in [-0.15, -0.1) is 0 Å². The Labute approximate surface area is 162 Å². The molecule has 0 atom stereocenters. The number of rotatable bonds is 4. The van der Waals surface area contributed by atoms with Crippen LogP contribution in [0.25, 0.3) is 11.0 Å². The number of carbonyl (C=O) groups excluding carboxylic acids is 1. The largest absolute Gasteiger partial charge is 0.493 e. The van der Waals surface area contributed by atoms with E-state index in [2.05, 4.69) is 15.3 Å². The van der Waals surface area contributed by atoms with Crippen LogP contribution in [-0.4, -0.2) is 36.2 Å². The number of amides is 1. The SMILES string of the molecule is COc1cc(C(=O)Nc2ccc3nc(C4CCC4)[nH]c3c2)cc2c1OCCO2. The number of nitrogens with one attached hydrogen (secondary N) is 2. The Morgan fingerprint density at radius 1 is 1.21 bits per heavy atom. The van der Waals surface area contributed by atoms with Crippen LogP contribution in [0.5, 0.6) is 17.2 Å². The summed E-state index contributed by atoms with van der Waals surface area (Å²) in [6.07, 6.45) is 3.65. The van der Waals surface area contributed by atoms with Crippen molar-refractivity contribution in [1.82, 2.24) is 9.97 Å². The van der Waals surface area contributed by atoms with Gasteiger partial charge >= 0.3 is 0 Å². The number of H-pyrrole nitrogens is 1. The number of imidazole rings is 1. The highest BCUT2D eigenvalue weighted by atomic mass is 16.6. The number of ether oxygens (including phenoxy) is 3. The Hall–Kier alpha value is -3.22. The van der Waals surface area contributed by atoms with Crippen molar-refractivity contribution in [2.24, 2.45) is 0 Å². The van der Waals surface area contributed by atoms with Crippen LogP contribution in [0.3, 0.4) is 0 Å². The Kier molecular flexibility index (Phi) is 4.07. The fraction of sp³-hybridized carbons (Fsp3) is 0.333. The van der Waals surface area contributed by atoms with Gasteiger partial charge in [0.25, 0.3) is 5.91 Å². The molecule has 0 spiro atoms. The first-order valence-corrected chi connectivity index (χ1v) is 9.50.